The molecule has 2 unspecified atom stereocenters. The number of methoxy groups -OCH3 is 2. The second-order valence-electron chi connectivity index (χ2n) is 3.16. The standard InChI is InChI=1S/C10H16O2/c1-7-5-9(11-3)10(12-4)6-8(7)2/h9-10H,1-2,5-6H2,3-4H3. The molecule has 0 radical (unpaired) electrons. The molecule has 0 aromatic rings. The maximum atomic E-state index is 5.29. The minimum Gasteiger partial charge on any atom is -0.378 e. The van der Waals surface area contributed by atoms with Crippen LogP contribution in [0.25, 0.3) is 0 Å². The Labute approximate surface area is 73.9 Å². The number of ether oxygens (including phenoxy) is 2. The SMILES string of the molecule is C=C1CC(OC)C(OC)CC1=C. The van der Waals surface area contributed by atoms with E-state index < -0.39 is 0 Å². The van der Waals surface area contributed by atoms with Gasteiger partial charge in [-0.15, -0.1) is 0 Å². The van der Waals surface area contributed by atoms with Crippen molar-refractivity contribution in [3.8, 4) is 0 Å². The predicted molar refractivity (Wildman–Crippen MR) is 49.1 cm³/mol. The van der Waals surface area contributed by atoms with Crippen LogP contribution in [-0.2, 0) is 9.47 Å². The van der Waals surface area contributed by atoms with Crippen molar-refractivity contribution in [1.29, 1.82) is 0 Å². The average Bonchev–Trinajstić information content (AvgIpc) is 2.09. The molecule has 2 heteroatoms. The van der Waals surface area contributed by atoms with Crippen LogP contribution in [0.15, 0.2) is 24.3 Å². The molecule has 1 rings (SSSR count). The van der Waals surface area contributed by atoms with E-state index in [4.69, 9.17) is 9.47 Å². The van der Waals surface area contributed by atoms with E-state index in [2.05, 4.69) is 13.2 Å². The van der Waals surface area contributed by atoms with E-state index in [0.29, 0.717) is 0 Å². The van der Waals surface area contributed by atoms with Crippen molar-refractivity contribution in [2.24, 2.45) is 0 Å². The van der Waals surface area contributed by atoms with Gasteiger partial charge in [0.25, 0.3) is 0 Å². The van der Waals surface area contributed by atoms with Crippen molar-refractivity contribution in [1.82, 2.24) is 0 Å². The highest BCUT2D eigenvalue weighted by Gasteiger charge is 2.28. The van der Waals surface area contributed by atoms with Crippen LogP contribution >= 0.6 is 0 Å². The molecule has 0 heterocycles. The first-order chi connectivity index (χ1) is 5.69. The molecule has 0 spiro atoms. The van der Waals surface area contributed by atoms with Gasteiger partial charge >= 0.3 is 0 Å². The fourth-order valence-corrected chi connectivity index (χ4v) is 1.51. The number of hydrogen-bond acceptors (Lipinski definition) is 2. The van der Waals surface area contributed by atoms with Crippen LogP contribution in [0.2, 0.25) is 0 Å². The summed E-state index contributed by atoms with van der Waals surface area (Å²) in [6.45, 7) is 7.85. The fourth-order valence-electron chi connectivity index (χ4n) is 1.51. The molecule has 1 saturated carbocycles. The zero-order valence-corrected chi connectivity index (χ0v) is 7.80. The topological polar surface area (TPSA) is 18.5 Å². The molecule has 0 aromatic heterocycles. The summed E-state index contributed by atoms with van der Waals surface area (Å²) in [5, 5.41) is 0. The Bertz CT molecular complexity index is 174. The van der Waals surface area contributed by atoms with E-state index in [1.165, 1.54) is 0 Å². The average molecular weight is 168 g/mol. The number of rotatable bonds is 2. The lowest BCUT2D eigenvalue weighted by Gasteiger charge is -2.31. The third kappa shape index (κ3) is 1.76. The minimum atomic E-state index is 0.146. The van der Waals surface area contributed by atoms with Crippen LogP contribution in [0.5, 0.6) is 0 Å². The molecule has 0 aliphatic heterocycles. The largest absolute Gasteiger partial charge is 0.378 e. The lowest BCUT2D eigenvalue weighted by molar-refractivity contribution is -0.0400. The summed E-state index contributed by atoms with van der Waals surface area (Å²) in [7, 11) is 3.41. The molecule has 2 atom stereocenters. The van der Waals surface area contributed by atoms with Crippen LogP contribution in [0.1, 0.15) is 12.8 Å². The van der Waals surface area contributed by atoms with Crippen molar-refractivity contribution in [3.63, 3.8) is 0 Å². The molecule has 0 bridgehead atoms. The van der Waals surface area contributed by atoms with Crippen molar-refractivity contribution in [2.45, 2.75) is 25.0 Å². The van der Waals surface area contributed by atoms with Crippen molar-refractivity contribution in [3.05, 3.63) is 24.3 Å². The summed E-state index contributed by atoms with van der Waals surface area (Å²) in [6, 6.07) is 0. The summed E-state index contributed by atoms with van der Waals surface area (Å²) >= 11 is 0. The Morgan fingerprint density at radius 1 is 1.00 bits per heavy atom. The maximum absolute atomic E-state index is 5.29. The zero-order valence-electron chi connectivity index (χ0n) is 7.80. The van der Waals surface area contributed by atoms with Gasteiger partial charge in [0.1, 0.15) is 0 Å². The van der Waals surface area contributed by atoms with Gasteiger partial charge in [-0.1, -0.05) is 13.2 Å². The second-order valence-corrected chi connectivity index (χ2v) is 3.16. The second kappa shape index (κ2) is 3.87. The van der Waals surface area contributed by atoms with Crippen molar-refractivity contribution >= 4 is 0 Å². The molecule has 0 saturated heterocycles. The first-order valence-electron chi connectivity index (χ1n) is 4.10. The van der Waals surface area contributed by atoms with E-state index >= 15 is 0 Å². The van der Waals surface area contributed by atoms with Crippen LogP contribution in [0.4, 0.5) is 0 Å². The minimum absolute atomic E-state index is 0.146. The lowest BCUT2D eigenvalue weighted by atomic mass is 9.87. The zero-order chi connectivity index (χ0) is 9.14. The summed E-state index contributed by atoms with van der Waals surface area (Å²) in [6.07, 6.45) is 1.97. The maximum Gasteiger partial charge on any atom is 0.0876 e. The highest BCUT2D eigenvalue weighted by molar-refractivity contribution is 5.29. The lowest BCUT2D eigenvalue weighted by Crippen LogP contribution is -2.34. The van der Waals surface area contributed by atoms with Gasteiger partial charge in [0.05, 0.1) is 12.2 Å². The molecule has 0 N–H and O–H groups in total. The molecular weight excluding hydrogens is 152 g/mol. The Balaban J connectivity index is 2.64. The Kier molecular flexibility index (Phi) is 3.06. The molecule has 1 aliphatic carbocycles. The quantitative estimate of drug-likeness (QED) is 0.627. The molecule has 68 valence electrons. The van der Waals surface area contributed by atoms with E-state index in [0.717, 1.165) is 24.0 Å². The number of hydrogen-bond donors (Lipinski definition) is 0. The Morgan fingerprint density at radius 2 is 1.33 bits per heavy atom. The summed E-state index contributed by atoms with van der Waals surface area (Å²) in [5.74, 6) is 0. The highest BCUT2D eigenvalue weighted by Crippen LogP contribution is 2.29. The Morgan fingerprint density at radius 3 is 1.58 bits per heavy atom. The van der Waals surface area contributed by atoms with E-state index in [1.54, 1.807) is 14.2 Å². The van der Waals surface area contributed by atoms with Crippen LogP contribution in [0.3, 0.4) is 0 Å². The summed E-state index contributed by atoms with van der Waals surface area (Å²) in [5.41, 5.74) is 2.19. The predicted octanol–water partition coefficient (Wildman–Crippen LogP) is 1.92. The smallest absolute Gasteiger partial charge is 0.0876 e. The van der Waals surface area contributed by atoms with E-state index in [1.807, 2.05) is 0 Å². The van der Waals surface area contributed by atoms with Gasteiger partial charge in [0.15, 0.2) is 0 Å². The first-order valence-corrected chi connectivity index (χ1v) is 4.10. The van der Waals surface area contributed by atoms with Gasteiger partial charge in [0.2, 0.25) is 0 Å². The Hall–Kier alpha value is -0.600. The monoisotopic (exact) mass is 168 g/mol. The van der Waals surface area contributed by atoms with Gasteiger partial charge in [0, 0.05) is 27.1 Å². The fraction of sp³-hybridized carbons (Fsp3) is 0.600. The van der Waals surface area contributed by atoms with Gasteiger partial charge in [-0.05, 0) is 11.1 Å². The van der Waals surface area contributed by atoms with E-state index in [9.17, 15) is 0 Å². The molecular formula is C10H16O2. The molecule has 0 aromatic carbocycles. The molecule has 1 fully saturated rings. The molecule has 0 amide bonds. The third-order valence-corrected chi connectivity index (χ3v) is 2.42. The summed E-state index contributed by atoms with van der Waals surface area (Å²) in [4.78, 5) is 0. The molecule has 2 nitrogen and oxygen atoms in total. The van der Waals surface area contributed by atoms with Crippen LogP contribution < -0.4 is 0 Å². The molecule has 1 aliphatic rings. The summed E-state index contributed by atoms with van der Waals surface area (Å²) < 4.78 is 10.6. The molecule has 12 heavy (non-hydrogen) atoms. The van der Waals surface area contributed by atoms with Gasteiger partial charge in [-0.2, -0.15) is 0 Å². The van der Waals surface area contributed by atoms with Crippen LogP contribution in [0, 0.1) is 0 Å². The third-order valence-electron chi connectivity index (χ3n) is 2.42. The normalized spacial score (nSPS) is 30.8. The van der Waals surface area contributed by atoms with Crippen molar-refractivity contribution < 1.29 is 9.47 Å². The first kappa shape index (κ1) is 9.49. The van der Waals surface area contributed by atoms with E-state index in [-0.39, 0.29) is 12.2 Å². The highest BCUT2D eigenvalue weighted by atomic mass is 16.5. The van der Waals surface area contributed by atoms with Gasteiger partial charge < -0.3 is 9.47 Å². The van der Waals surface area contributed by atoms with Gasteiger partial charge in [-0.25, -0.2) is 0 Å². The van der Waals surface area contributed by atoms with Gasteiger partial charge in [-0.3, -0.25) is 0 Å². The van der Waals surface area contributed by atoms with Crippen molar-refractivity contribution in [2.75, 3.05) is 14.2 Å². The van der Waals surface area contributed by atoms with Crippen LogP contribution in [-0.4, -0.2) is 26.4 Å².